The van der Waals surface area contributed by atoms with Crippen LogP contribution in [0.1, 0.15) is 75.7 Å². The summed E-state index contributed by atoms with van der Waals surface area (Å²) in [6.45, 7) is 8.04. The summed E-state index contributed by atoms with van der Waals surface area (Å²) in [5.41, 5.74) is 7.73. The minimum Gasteiger partial charge on any atom is -0.508 e. The average Bonchev–Trinajstić information content (AvgIpc) is 3.52. The molecule has 278 valence electrons. The Labute approximate surface area is 316 Å². The van der Waals surface area contributed by atoms with Gasteiger partial charge in [0.2, 0.25) is 11.8 Å². The topological polar surface area (TPSA) is 106 Å². The monoisotopic (exact) mass is 725 g/mol. The van der Waals surface area contributed by atoms with Crippen molar-refractivity contribution in [2.75, 3.05) is 50.8 Å². The molecule has 5 aliphatic rings. The number of nitrogens with zero attached hydrogens (tertiary/aromatic N) is 4. The Balaban J connectivity index is 0.782. The van der Waals surface area contributed by atoms with E-state index in [1.54, 1.807) is 17.0 Å². The molecule has 0 radical (unpaired) electrons. The van der Waals surface area contributed by atoms with E-state index in [0.717, 1.165) is 75.5 Å². The fourth-order valence-corrected chi connectivity index (χ4v) is 9.45. The van der Waals surface area contributed by atoms with Gasteiger partial charge < -0.3 is 19.6 Å². The molecule has 10 nitrogen and oxygen atoms in total. The van der Waals surface area contributed by atoms with E-state index in [1.807, 2.05) is 12.1 Å². The highest BCUT2D eigenvalue weighted by Gasteiger charge is 2.39. The number of piperidine rings is 2. The summed E-state index contributed by atoms with van der Waals surface area (Å²) in [4.78, 5) is 46.5. The first kappa shape index (κ1) is 34.6. The summed E-state index contributed by atoms with van der Waals surface area (Å²) in [6, 6.07) is 31.4. The Hall–Kier alpha value is -5.19. The van der Waals surface area contributed by atoms with Crippen molar-refractivity contribution in [3.8, 4) is 11.5 Å². The largest absolute Gasteiger partial charge is 0.508 e. The maximum absolute atomic E-state index is 13.1. The van der Waals surface area contributed by atoms with Crippen molar-refractivity contribution >= 4 is 23.4 Å². The summed E-state index contributed by atoms with van der Waals surface area (Å²) in [5.74, 6) is 0.547. The Morgan fingerprint density at radius 2 is 1.56 bits per heavy atom. The zero-order valence-corrected chi connectivity index (χ0v) is 30.5. The van der Waals surface area contributed by atoms with Gasteiger partial charge in [-0.25, -0.2) is 0 Å². The number of hydrogen-bond acceptors (Lipinski definition) is 8. The highest BCUT2D eigenvalue weighted by atomic mass is 16.5. The lowest BCUT2D eigenvalue weighted by molar-refractivity contribution is -0.136. The summed E-state index contributed by atoms with van der Waals surface area (Å²) in [6.07, 6.45) is 2.94. The normalized spacial score (nSPS) is 23.9. The first-order valence-corrected chi connectivity index (χ1v) is 19.5. The molecule has 0 bridgehead atoms. The Morgan fingerprint density at radius 3 is 2.31 bits per heavy atom. The number of benzene rings is 4. The van der Waals surface area contributed by atoms with Gasteiger partial charge in [0.15, 0.2) is 0 Å². The minimum absolute atomic E-state index is 0.122. The van der Waals surface area contributed by atoms with Crippen LogP contribution >= 0.6 is 0 Å². The standard InChI is InChI=1S/C44H47N5O5/c50-35-11-13-37-40(25-35)54-28-38(30-4-2-1-3-5-30)42(37)31-7-9-33(10-8-31)47-18-16-34(17-19-47)48-22-20-46(21-23-48)26-29-6-12-36-32(24-29)27-49(44(36)53)39-14-15-41(51)45-43(39)52/h1-13,24-25,34,38-39,42,50H,14-23,26-28H2,(H,45,51,52)/t38-,39?,42-/m1/s1. The number of rotatable bonds is 7. The zero-order valence-electron chi connectivity index (χ0n) is 30.5. The highest BCUT2D eigenvalue weighted by Crippen LogP contribution is 2.47. The maximum Gasteiger partial charge on any atom is 0.255 e. The number of phenolic OH excluding ortho intramolecular Hbond substituents is 1. The van der Waals surface area contributed by atoms with Crippen LogP contribution in [0.4, 0.5) is 5.69 Å². The molecule has 0 aliphatic carbocycles. The molecular weight excluding hydrogens is 679 g/mol. The van der Waals surface area contributed by atoms with Gasteiger partial charge in [0.1, 0.15) is 17.5 Å². The van der Waals surface area contributed by atoms with Crippen LogP contribution in [-0.2, 0) is 22.7 Å². The van der Waals surface area contributed by atoms with E-state index in [4.69, 9.17) is 4.74 Å². The molecule has 3 atom stereocenters. The first-order chi connectivity index (χ1) is 26.4. The molecule has 0 saturated carbocycles. The van der Waals surface area contributed by atoms with Crippen LogP contribution in [0.25, 0.3) is 0 Å². The molecule has 2 N–H and O–H groups in total. The number of anilines is 1. The molecule has 5 aliphatic heterocycles. The second-order valence-electron chi connectivity index (χ2n) is 15.5. The molecule has 1 unspecified atom stereocenters. The van der Waals surface area contributed by atoms with Crippen molar-refractivity contribution in [2.24, 2.45) is 0 Å². The zero-order chi connectivity index (χ0) is 36.8. The second kappa shape index (κ2) is 14.6. The first-order valence-electron chi connectivity index (χ1n) is 19.5. The fraction of sp³-hybridized carbons (Fsp3) is 0.386. The van der Waals surface area contributed by atoms with Crippen LogP contribution in [0.5, 0.6) is 11.5 Å². The van der Waals surface area contributed by atoms with E-state index in [-0.39, 0.29) is 41.7 Å². The van der Waals surface area contributed by atoms with E-state index in [2.05, 4.69) is 86.7 Å². The lowest BCUT2D eigenvalue weighted by Gasteiger charge is -2.43. The predicted octanol–water partition coefficient (Wildman–Crippen LogP) is 5.25. The van der Waals surface area contributed by atoms with Crippen molar-refractivity contribution in [1.82, 2.24) is 20.0 Å². The van der Waals surface area contributed by atoms with Gasteiger partial charge >= 0.3 is 0 Å². The average molecular weight is 726 g/mol. The van der Waals surface area contributed by atoms with Crippen LogP contribution in [-0.4, -0.2) is 95.5 Å². The third-order valence-corrected chi connectivity index (χ3v) is 12.4. The van der Waals surface area contributed by atoms with E-state index in [0.29, 0.717) is 31.2 Å². The number of hydrogen-bond donors (Lipinski definition) is 2. The van der Waals surface area contributed by atoms with E-state index >= 15 is 0 Å². The molecule has 3 saturated heterocycles. The number of carbonyl (C=O) groups excluding carboxylic acids is 3. The fourth-order valence-electron chi connectivity index (χ4n) is 9.45. The summed E-state index contributed by atoms with van der Waals surface area (Å²) >= 11 is 0. The molecule has 0 spiro atoms. The van der Waals surface area contributed by atoms with Gasteiger partial charge in [0.25, 0.3) is 5.91 Å². The number of carbonyl (C=O) groups is 3. The van der Waals surface area contributed by atoms with Crippen LogP contribution in [0.2, 0.25) is 0 Å². The number of piperazine rings is 1. The number of fused-ring (bicyclic) bond motifs is 2. The third kappa shape index (κ3) is 6.73. The molecule has 10 heteroatoms. The quantitative estimate of drug-likeness (QED) is 0.249. The van der Waals surface area contributed by atoms with Gasteiger partial charge in [-0.3, -0.25) is 29.5 Å². The van der Waals surface area contributed by atoms with Crippen molar-refractivity contribution < 1.29 is 24.2 Å². The molecule has 0 aromatic heterocycles. The van der Waals surface area contributed by atoms with E-state index < -0.39 is 6.04 Å². The number of ether oxygens (including phenoxy) is 1. The molecule has 5 heterocycles. The highest BCUT2D eigenvalue weighted by molar-refractivity contribution is 6.05. The maximum atomic E-state index is 13.1. The molecule has 54 heavy (non-hydrogen) atoms. The Morgan fingerprint density at radius 1 is 0.778 bits per heavy atom. The molecule has 3 fully saturated rings. The third-order valence-electron chi connectivity index (χ3n) is 12.4. The van der Waals surface area contributed by atoms with Crippen molar-refractivity contribution in [3.05, 3.63) is 124 Å². The smallest absolute Gasteiger partial charge is 0.255 e. The van der Waals surface area contributed by atoms with Gasteiger partial charge in [0, 0.05) is 99.5 Å². The molecular formula is C44H47N5O5. The van der Waals surface area contributed by atoms with E-state index in [9.17, 15) is 19.5 Å². The van der Waals surface area contributed by atoms with Crippen LogP contribution in [0.15, 0.2) is 91.0 Å². The molecule has 3 amide bonds. The van der Waals surface area contributed by atoms with Crippen molar-refractivity contribution in [3.63, 3.8) is 0 Å². The van der Waals surface area contributed by atoms with Crippen LogP contribution < -0.4 is 15.0 Å². The summed E-state index contributed by atoms with van der Waals surface area (Å²) < 4.78 is 6.17. The number of aromatic hydroxyl groups is 1. The summed E-state index contributed by atoms with van der Waals surface area (Å²) in [5, 5.41) is 12.5. The predicted molar refractivity (Wildman–Crippen MR) is 206 cm³/mol. The second-order valence-corrected chi connectivity index (χ2v) is 15.5. The number of imide groups is 1. The lowest BCUT2D eigenvalue weighted by atomic mass is 9.76. The molecule has 4 aromatic carbocycles. The van der Waals surface area contributed by atoms with Gasteiger partial charge in [-0.2, -0.15) is 0 Å². The van der Waals surface area contributed by atoms with Gasteiger partial charge in [0.05, 0.1) is 6.61 Å². The van der Waals surface area contributed by atoms with Gasteiger partial charge in [-0.15, -0.1) is 0 Å². The summed E-state index contributed by atoms with van der Waals surface area (Å²) in [7, 11) is 0. The molecule has 4 aromatic rings. The SMILES string of the molecule is O=C1CCC(N2Cc3cc(CN4CCN(C5CCN(c6ccc([C@@H]7c8ccc(O)cc8OC[C@@H]7c7ccccc7)cc6)CC5)CC4)ccc3C2=O)C(=O)N1. The van der Waals surface area contributed by atoms with Crippen molar-refractivity contribution in [1.29, 1.82) is 0 Å². The van der Waals surface area contributed by atoms with E-state index in [1.165, 1.54) is 22.4 Å². The van der Waals surface area contributed by atoms with Gasteiger partial charge in [-0.1, -0.05) is 60.7 Å². The van der Waals surface area contributed by atoms with Crippen molar-refractivity contribution in [2.45, 2.75) is 62.7 Å². The van der Waals surface area contributed by atoms with Crippen LogP contribution in [0, 0.1) is 0 Å². The number of nitrogens with one attached hydrogen (secondary N) is 1. The Kier molecular flexibility index (Phi) is 9.32. The van der Waals surface area contributed by atoms with Crippen LogP contribution in [0.3, 0.4) is 0 Å². The number of amides is 3. The Bertz CT molecular complexity index is 2040. The minimum atomic E-state index is -0.585. The molecule has 9 rings (SSSR count). The van der Waals surface area contributed by atoms with Gasteiger partial charge in [-0.05, 0) is 65.8 Å². The number of phenols is 1. The lowest BCUT2D eigenvalue weighted by Crippen LogP contribution is -2.53.